The zero-order valence-corrected chi connectivity index (χ0v) is 12.2. The van der Waals surface area contributed by atoms with Crippen molar-refractivity contribution in [2.75, 3.05) is 6.26 Å². The van der Waals surface area contributed by atoms with E-state index in [1.807, 2.05) is 18.2 Å². The van der Waals surface area contributed by atoms with Gasteiger partial charge in [0.2, 0.25) is 0 Å². The third-order valence-electron chi connectivity index (χ3n) is 2.47. The van der Waals surface area contributed by atoms with Crippen molar-refractivity contribution in [1.29, 1.82) is 0 Å². The Labute approximate surface area is 124 Å². The molecule has 0 heterocycles. The first-order valence-corrected chi connectivity index (χ1v) is 7.89. The van der Waals surface area contributed by atoms with E-state index in [0.29, 0.717) is 5.75 Å². The number of hydrogen-bond acceptors (Lipinski definition) is 1. The molecule has 7 heteroatoms. The van der Waals surface area contributed by atoms with Gasteiger partial charge in [0.1, 0.15) is 17.8 Å². The normalized spacial score (nSPS) is 12.2. The molecule has 1 N–H and O–H groups in total. The SMILES string of the molecule is C[S+](Cc1ccccc1)c1ccc(O)cc1.F[B-](F)(F)F. The number of rotatable bonds is 3. The molecule has 0 spiro atoms. The van der Waals surface area contributed by atoms with Gasteiger partial charge in [0, 0.05) is 16.5 Å². The van der Waals surface area contributed by atoms with E-state index in [9.17, 15) is 22.4 Å². The lowest BCUT2D eigenvalue weighted by Crippen LogP contribution is -2.03. The summed E-state index contributed by atoms with van der Waals surface area (Å²) >= 11 is 0. The molecule has 0 saturated carbocycles. The van der Waals surface area contributed by atoms with Gasteiger partial charge in [-0.15, -0.1) is 0 Å². The molecule has 2 rings (SSSR count). The Morgan fingerprint density at radius 1 is 0.905 bits per heavy atom. The fraction of sp³-hybridized carbons (Fsp3) is 0.143. The third-order valence-corrected chi connectivity index (χ3v) is 4.31. The molecule has 0 aliphatic heterocycles. The van der Waals surface area contributed by atoms with Crippen LogP contribution in [0.25, 0.3) is 0 Å². The largest absolute Gasteiger partial charge is 0.673 e. The minimum atomic E-state index is -6.00. The second kappa shape index (κ2) is 7.97. The molecule has 1 atom stereocenters. The molecule has 114 valence electrons. The molecule has 21 heavy (non-hydrogen) atoms. The quantitative estimate of drug-likeness (QED) is 0.502. The van der Waals surface area contributed by atoms with Gasteiger partial charge < -0.3 is 22.4 Å². The number of benzene rings is 2. The van der Waals surface area contributed by atoms with E-state index in [1.54, 1.807) is 12.1 Å². The van der Waals surface area contributed by atoms with Crippen molar-refractivity contribution < 1.29 is 22.4 Å². The van der Waals surface area contributed by atoms with Crippen LogP contribution in [0.3, 0.4) is 0 Å². The zero-order valence-electron chi connectivity index (χ0n) is 11.3. The molecule has 2 aromatic carbocycles. The highest BCUT2D eigenvalue weighted by molar-refractivity contribution is 7.95. The van der Waals surface area contributed by atoms with Crippen LogP contribution < -0.4 is 0 Å². The van der Waals surface area contributed by atoms with Gasteiger partial charge in [-0.1, -0.05) is 30.3 Å². The molecule has 0 aliphatic rings. The average Bonchev–Trinajstić information content (AvgIpc) is 2.38. The van der Waals surface area contributed by atoms with Crippen LogP contribution in [-0.4, -0.2) is 18.6 Å². The van der Waals surface area contributed by atoms with Crippen LogP contribution in [0.1, 0.15) is 5.56 Å². The maximum Gasteiger partial charge on any atom is 0.673 e. The van der Waals surface area contributed by atoms with Crippen LogP contribution >= 0.6 is 0 Å². The fourth-order valence-electron chi connectivity index (χ4n) is 1.59. The second-order valence-corrected chi connectivity index (χ2v) is 6.29. The molecular formula is C14H15BF4OS. The minimum Gasteiger partial charge on any atom is -0.508 e. The van der Waals surface area contributed by atoms with Crippen molar-refractivity contribution in [1.82, 2.24) is 0 Å². The Balaban J connectivity index is 0.000000383. The Morgan fingerprint density at radius 2 is 1.38 bits per heavy atom. The van der Waals surface area contributed by atoms with Crippen molar-refractivity contribution in [3.8, 4) is 5.75 Å². The summed E-state index contributed by atoms with van der Waals surface area (Å²) in [5.74, 6) is 1.39. The van der Waals surface area contributed by atoms with Gasteiger partial charge in [-0.05, 0) is 24.3 Å². The Bertz CT molecular complexity index is 525. The van der Waals surface area contributed by atoms with Crippen LogP contribution in [0.4, 0.5) is 17.3 Å². The molecule has 0 aliphatic carbocycles. The summed E-state index contributed by atoms with van der Waals surface area (Å²) in [7, 11) is -5.80. The summed E-state index contributed by atoms with van der Waals surface area (Å²) in [4.78, 5) is 1.29. The standard InChI is InChI=1S/C14H14OS.BF4/c1-16(11-12-5-3-2-4-6-12)14-9-7-13(15)8-10-14;2-1(3,4)5/h2-10H,11H2,1H3;/q;-1/p+1. The number of aromatic hydroxyl groups is 1. The van der Waals surface area contributed by atoms with E-state index in [1.165, 1.54) is 10.5 Å². The topological polar surface area (TPSA) is 20.2 Å². The monoisotopic (exact) mass is 318 g/mol. The van der Waals surface area contributed by atoms with Crippen LogP contribution in [0, 0.1) is 0 Å². The second-order valence-electron chi connectivity index (χ2n) is 4.26. The van der Waals surface area contributed by atoms with Crippen molar-refractivity contribution in [3.05, 3.63) is 60.2 Å². The first-order chi connectivity index (χ1) is 9.75. The maximum absolute atomic E-state index is 9.75. The smallest absolute Gasteiger partial charge is 0.508 e. The maximum atomic E-state index is 9.75. The third kappa shape index (κ3) is 8.29. The van der Waals surface area contributed by atoms with Crippen LogP contribution in [-0.2, 0) is 16.6 Å². The van der Waals surface area contributed by atoms with Gasteiger partial charge in [-0.2, -0.15) is 0 Å². The lowest BCUT2D eigenvalue weighted by molar-refractivity contribution is 0.368. The van der Waals surface area contributed by atoms with Crippen molar-refractivity contribution in [2.45, 2.75) is 10.6 Å². The van der Waals surface area contributed by atoms with E-state index in [-0.39, 0.29) is 10.9 Å². The highest BCUT2D eigenvalue weighted by Crippen LogP contribution is 2.19. The zero-order chi connectivity index (χ0) is 15.9. The molecule has 1 nitrogen and oxygen atoms in total. The van der Waals surface area contributed by atoms with Crippen LogP contribution in [0.5, 0.6) is 5.75 Å². The Morgan fingerprint density at radius 3 is 1.86 bits per heavy atom. The van der Waals surface area contributed by atoms with Gasteiger partial charge in [-0.25, -0.2) is 0 Å². The van der Waals surface area contributed by atoms with Crippen molar-refractivity contribution in [3.63, 3.8) is 0 Å². The number of phenols is 1. The molecule has 0 amide bonds. The van der Waals surface area contributed by atoms with E-state index in [2.05, 4.69) is 30.5 Å². The number of phenolic OH excluding ortho intramolecular Hbond substituents is 1. The number of halogens is 4. The summed E-state index contributed by atoms with van der Waals surface area (Å²) in [5.41, 5.74) is 1.36. The first-order valence-electron chi connectivity index (χ1n) is 6.08. The summed E-state index contributed by atoms with van der Waals surface area (Å²) < 4.78 is 39.0. The van der Waals surface area contributed by atoms with Gasteiger partial charge in [0.25, 0.3) is 0 Å². The van der Waals surface area contributed by atoms with E-state index < -0.39 is 7.25 Å². The van der Waals surface area contributed by atoms with E-state index in [4.69, 9.17) is 0 Å². The molecule has 0 aromatic heterocycles. The van der Waals surface area contributed by atoms with Crippen molar-refractivity contribution in [2.24, 2.45) is 0 Å². The number of hydrogen-bond donors (Lipinski definition) is 1. The average molecular weight is 318 g/mol. The summed E-state index contributed by atoms with van der Waals surface area (Å²) in [6, 6.07) is 18.0. The van der Waals surface area contributed by atoms with Gasteiger partial charge in [-0.3, -0.25) is 0 Å². The summed E-state index contributed by atoms with van der Waals surface area (Å²) in [5, 5.41) is 9.23. The predicted octanol–water partition coefficient (Wildman–Crippen LogP) is 4.50. The lowest BCUT2D eigenvalue weighted by Gasteiger charge is -2.03. The summed E-state index contributed by atoms with van der Waals surface area (Å²) in [6.45, 7) is 0. The molecule has 2 aromatic rings. The Kier molecular flexibility index (Phi) is 6.62. The van der Waals surface area contributed by atoms with E-state index in [0.717, 1.165) is 5.75 Å². The van der Waals surface area contributed by atoms with Gasteiger partial charge >= 0.3 is 7.25 Å². The van der Waals surface area contributed by atoms with Gasteiger partial charge in [0.05, 0.1) is 0 Å². The van der Waals surface area contributed by atoms with Crippen molar-refractivity contribution >= 4 is 18.1 Å². The minimum absolute atomic E-state index is 0.196. The molecule has 0 bridgehead atoms. The molecule has 1 unspecified atom stereocenters. The highest BCUT2D eigenvalue weighted by Gasteiger charge is 2.20. The molecular weight excluding hydrogens is 303 g/mol. The fourth-order valence-corrected chi connectivity index (χ4v) is 3.05. The first kappa shape index (κ1) is 17.4. The molecule has 0 saturated heterocycles. The van der Waals surface area contributed by atoms with Crippen LogP contribution in [0.15, 0.2) is 59.5 Å². The van der Waals surface area contributed by atoms with Gasteiger partial charge in [0.15, 0.2) is 4.90 Å². The predicted molar refractivity (Wildman–Crippen MR) is 80.0 cm³/mol. The summed E-state index contributed by atoms with van der Waals surface area (Å²) in [6.07, 6.45) is 2.24. The molecule has 0 radical (unpaired) electrons. The van der Waals surface area contributed by atoms with Crippen LogP contribution in [0.2, 0.25) is 0 Å². The lowest BCUT2D eigenvalue weighted by atomic mass is 10.2. The highest BCUT2D eigenvalue weighted by atomic mass is 32.2. The molecule has 0 fully saturated rings. The van der Waals surface area contributed by atoms with E-state index >= 15 is 0 Å². The Hall–Kier alpha value is -1.63.